The molecule has 1 aromatic heterocycles. The summed E-state index contributed by atoms with van der Waals surface area (Å²) in [5, 5.41) is 0. The second-order valence-corrected chi connectivity index (χ2v) is 4.46. The molecule has 2 rings (SSSR count). The zero-order valence-corrected chi connectivity index (χ0v) is 10.3. The first kappa shape index (κ1) is 12.3. The maximum absolute atomic E-state index is 5.72. The third-order valence-corrected chi connectivity index (χ3v) is 3.20. The average molecular weight is 236 g/mol. The second-order valence-electron chi connectivity index (χ2n) is 4.46. The summed E-state index contributed by atoms with van der Waals surface area (Å²) in [6.45, 7) is 4.93. The molecule has 2 heterocycles. The van der Waals surface area contributed by atoms with Crippen LogP contribution in [-0.2, 0) is 11.3 Å². The lowest BCUT2D eigenvalue weighted by Gasteiger charge is -2.21. The van der Waals surface area contributed by atoms with E-state index in [2.05, 4.69) is 4.98 Å². The van der Waals surface area contributed by atoms with Crippen molar-refractivity contribution in [2.24, 2.45) is 11.7 Å². The van der Waals surface area contributed by atoms with Gasteiger partial charge in [0.15, 0.2) is 0 Å². The molecule has 0 aromatic carbocycles. The van der Waals surface area contributed by atoms with Gasteiger partial charge in [-0.15, -0.1) is 0 Å². The van der Waals surface area contributed by atoms with Gasteiger partial charge in [-0.3, -0.25) is 0 Å². The summed E-state index contributed by atoms with van der Waals surface area (Å²) in [4.78, 5) is 4.39. The Morgan fingerprint density at radius 1 is 1.41 bits per heavy atom. The van der Waals surface area contributed by atoms with Crippen molar-refractivity contribution in [3.05, 3.63) is 23.4 Å². The van der Waals surface area contributed by atoms with E-state index >= 15 is 0 Å². The summed E-state index contributed by atoms with van der Waals surface area (Å²) in [6, 6.07) is 3.89. The second kappa shape index (κ2) is 5.98. The molecule has 4 nitrogen and oxygen atoms in total. The number of nitrogens with zero attached hydrogens (tertiary/aromatic N) is 1. The highest BCUT2D eigenvalue weighted by atomic mass is 16.5. The van der Waals surface area contributed by atoms with E-state index in [0.29, 0.717) is 18.3 Å². The largest absolute Gasteiger partial charge is 0.477 e. The first-order chi connectivity index (χ1) is 8.29. The standard InChI is InChI=1S/C13H20N2O2/c1-10-12(8-14)2-3-13(15-10)17-9-11-4-6-16-7-5-11/h2-3,11H,4-9,14H2,1H3. The normalized spacial score (nSPS) is 17.1. The van der Waals surface area contributed by atoms with E-state index in [1.807, 2.05) is 19.1 Å². The molecule has 0 amide bonds. The lowest BCUT2D eigenvalue weighted by atomic mass is 10.0. The molecule has 1 aliphatic rings. The van der Waals surface area contributed by atoms with Gasteiger partial charge in [0.05, 0.1) is 6.61 Å². The highest BCUT2D eigenvalue weighted by molar-refractivity contribution is 5.24. The SMILES string of the molecule is Cc1nc(OCC2CCOCC2)ccc1CN. The quantitative estimate of drug-likeness (QED) is 0.863. The molecule has 4 heteroatoms. The van der Waals surface area contributed by atoms with Gasteiger partial charge in [-0.2, -0.15) is 0 Å². The molecule has 1 fully saturated rings. The van der Waals surface area contributed by atoms with Gasteiger partial charge in [0.2, 0.25) is 5.88 Å². The number of aromatic nitrogens is 1. The number of nitrogens with two attached hydrogens (primary N) is 1. The van der Waals surface area contributed by atoms with Crippen molar-refractivity contribution < 1.29 is 9.47 Å². The van der Waals surface area contributed by atoms with E-state index in [1.54, 1.807) is 0 Å². The van der Waals surface area contributed by atoms with E-state index in [1.165, 1.54) is 0 Å². The monoisotopic (exact) mass is 236 g/mol. The molecule has 2 N–H and O–H groups in total. The van der Waals surface area contributed by atoms with Crippen LogP contribution in [0.1, 0.15) is 24.1 Å². The number of rotatable bonds is 4. The van der Waals surface area contributed by atoms with E-state index in [4.69, 9.17) is 15.2 Å². The van der Waals surface area contributed by atoms with Crippen LogP contribution < -0.4 is 10.5 Å². The Morgan fingerprint density at radius 2 is 2.18 bits per heavy atom. The van der Waals surface area contributed by atoms with Gasteiger partial charge in [-0.1, -0.05) is 6.07 Å². The van der Waals surface area contributed by atoms with Gasteiger partial charge < -0.3 is 15.2 Å². The fourth-order valence-electron chi connectivity index (χ4n) is 1.98. The molecule has 1 aromatic rings. The minimum Gasteiger partial charge on any atom is -0.477 e. The maximum Gasteiger partial charge on any atom is 0.213 e. The van der Waals surface area contributed by atoms with Crippen LogP contribution in [0.4, 0.5) is 0 Å². The molecule has 0 radical (unpaired) electrons. The zero-order chi connectivity index (χ0) is 12.1. The summed E-state index contributed by atoms with van der Waals surface area (Å²) < 4.78 is 11.0. The molecule has 1 aliphatic heterocycles. The van der Waals surface area contributed by atoms with Crippen molar-refractivity contribution in [1.29, 1.82) is 0 Å². The molecule has 1 saturated heterocycles. The summed E-state index contributed by atoms with van der Waals surface area (Å²) in [5.41, 5.74) is 7.63. The van der Waals surface area contributed by atoms with Crippen LogP contribution in [0.3, 0.4) is 0 Å². The van der Waals surface area contributed by atoms with Gasteiger partial charge >= 0.3 is 0 Å². The molecular weight excluding hydrogens is 216 g/mol. The van der Waals surface area contributed by atoms with Crippen LogP contribution in [0, 0.1) is 12.8 Å². The van der Waals surface area contributed by atoms with E-state index in [-0.39, 0.29) is 0 Å². The van der Waals surface area contributed by atoms with Crippen molar-refractivity contribution in [2.45, 2.75) is 26.3 Å². The molecule has 0 aliphatic carbocycles. The number of pyridine rings is 1. The number of hydrogen-bond acceptors (Lipinski definition) is 4. The van der Waals surface area contributed by atoms with Gasteiger partial charge in [0.1, 0.15) is 0 Å². The molecular formula is C13H20N2O2. The van der Waals surface area contributed by atoms with Crippen molar-refractivity contribution in [3.8, 4) is 5.88 Å². The Labute approximate surface area is 102 Å². The minimum atomic E-state index is 0.527. The number of ether oxygens (including phenoxy) is 2. The smallest absolute Gasteiger partial charge is 0.213 e. The van der Waals surface area contributed by atoms with Gasteiger partial charge in [0.25, 0.3) is 0 Å². The fraction of sp³-hybridized carbons (Fsp3) is 0.615. The Bertz CT molecular complexity index is 362. The lowest BCUT2D eigenvalue weighted by molar-refractivity contribution is 0.0490. The molecule has 0 bridgehead atoms. The first-order valence-corrected chi connectivity index (χ1v) is 6.16. The summed E-state index contributed by atoms with van der Waals surface area (Å²) >= 11 is 0. The first-order valence-electron chi connectivity index (χ1n) is 6.16. The van der Waals surface area contributed by atoms with Crippen molar-refractivity contribution in [3.63, 3.8) is 0 Å². The van der Waals surface area contributed by atoms with E-state index < -0.39 is 0 Å². The Balaban J connectivity index is 1.87. The Kier molecular flexibility index (Phi) is 4.34. The predicted octanol–water partition coefficient (Wildman–Crippen LogP) is 1.65. The highest BCUT2D eigenvalue weighted by Gasteiger charge is 2.14. The maximum atomic E-state index is 5.72. The molecule has 17 heavy (non-hydrogen) atoms. The molecule has 0 unspecified atom stereocenters. The van der Waals surface area contributed by atoms with E-state index in [0.717, 1.165) is 43.9 Å². The molecule has 0 atom stereocenters. The third kappa shape index (κ3) is 3.41. The topological polar surface area (TPSA) is 57.4 Å². The van der Waals surface area contributed by atoms with Gasteiger partial charge in [-0.05, 0) is 31.2 Å². The van der Waals surface area contributed by atoms with Gasteiger partial charge in [-0.25, -0.2) is 4.98 Å². The lowest BCUT2D eigenvalue weighted by Crippen LogP contribution is -2.21. The Morgan fingerprint density at radius 3 is 2.82 bits per heavy atom. The predicted molar refractivity (Wildman–Crippen MR) is 65.9 cm³/mol. The third-order valence-electron chi connectivity index (χ3n) is 3.20. The van der Waals surface area contributed by atoms with Crippen LogP contribution in [0.15, 0.2) is 12.1 Å². The summed E-state index contributed by atoms with van der Waals surface area (Å²) in [7, 11) is 0. The van der Waals surface area contributed by atoms with Crippen LogP contribution in [0.25, 0.3) is 0 Å². The summed E-state index contributed by atoms with van der Waals surface area (Å²) in [6.07, 6.45) is 2.17. The van der Waals surface area contributed by atoms with Crippen LogP contribution in [0.2, 0.25) is 0 Å². The van der Waals surface area contributed by atoms with Crippen molar-refractivity contribution >= 4 is 0 Å². The molecule has 94 valence electrons. The molecule has 0 spiro atoms. The van der Waals surface area contributed by atoms with Crippen LogP contribution in [0.5, 0.6) is 5.88 Å². The highest BCUT2D eigenvalue weighted by Crippen LogP contribution is 2.17. The van der Waals surface area contributed by atoms with Crippen molar-refractivity contribution in [2.75, 3.05) is 19.8 Å². The molecule has 0 saturated carbocycles. The summed E-state index contributed by atoms with van der Waals surface area (Å²) in [5.74, 6) is 1.30. The van der Waals surface area contributed by atoms with Gasteiger partial charge in [0, 0.05) is 31.5 Å². The van der Waals surface area contributed by atoms with Crippen molar-refractivity contribution in [1.82, 2.24) is 4.98 Å². The Hall–Kier alpha value is -1.13. The minimum absolute atomic E-state index is 0.527. The number of hydrogen-bond donors (Lipinski definition) is 1. The zero-order valence-electron chi connectivity index (χ0n) is 10.3. The van der Waals surface area contributed by atoms with Crippen LogP contribution in [-0.4, -0.2) is 24.8 Å². The van der Waals surface area contributed by atoms with Crippen LogP contribution >= 0.6 is 0 Å². The number of aryl methyl sites for hydroxylation is 1. The fourth-order valence-corrected chi connectivity index (χ4v) is 1.98. The van der Waals surface area contributed by atoms with E-state index in [9.17, 15) is 0 Å². The average Bonchev–Trinajstić information content (AvgIpc) is 2.38.